The molecule has 30 heavy (non-hydrogen) atoms. The van der Waals surface area contributed by atoms with Crippen LogP contribution < -0.4 is 15.4 Å². The molecule has 0 bridgehead atoms. The molecule has 2 aromatic rings. The monoisotopic (exact) mass is 427 g/mol. The number of nitrogens with zero attached hydrogens (tertiary/aromatic N) is 3. The Balaban J connectivity index is 1.38. The molecule has 1 aliphatic heterocycles. The first-order valence-electron chi connectivity index (χ1n) is 10.6. The minimum Gasteiger partial charge on any atom is -0.485 e. The maximum Gasteiger partial charge on any atom is 0.225 e. The highest BCUT2D eigenvalue weighted by molar-refractivity contribution is 7.99. The van der Waals surface area contributed by atoms with Crippen molar-refractivity contribution in [3.63, 3.8) is 0 Å². The van der Waals surface area contributed by atoms with Gasteiger partial charge in [-0.2, -0.15) is 0 Å². The van der Waals surface area contributed by atoms with Crippen LogP contribution >= 0.6 is 11.8 Å². The molecular formula is C22H29N5O2S. The third-order valence-electron chi connectivity index (χ3n) is 5.77. The Bertz CT molecular complexity index is 899. The topological polar surface area (TPSA) is 81.1 Å². The summed E-state index contributed by atoms with van der Waals surface area (Å²) in [5.74, 6) is 2.60. The highest BCUT2D eigenvalue weighted by atomic mass is 32.2. The molecule has 7 nitrogen and oxygen atoms in total. The summed E-state index contributed by atoms with van der Waals surface area (Å²) in [4.78, 5) is 12.4. The second-order valence-corrected chi connectivity index (χ2v) is 8.88. The van der Waals surface area contributed by atoms with Gasteiger partial charge in [0.25, 0.3) is 0 Å². The number of ether oxygens (including phenoxy) is 1. The molecule has 2 heterocycles. The number of carbonyl (C=O) groups excluding carboxylic acids is 1. The quantitative estimate of drug-likeness (QED) is 0.498. The van der Waals surface area contributed by atoms with Crippen LogP contribution in [0.4, 0.5) is 0 Å². The van der Waals surface area contributed by atoms with Crippen LogP contribution in [0.15, 0.2) is 42.1 Å². The SMILES string of the molecule is C=CCn1c(COc2ccccc2C)nnc1SCC1NC(=O)C2CCCCC2N1. The van der Waals surface area contributed by atoms with Crippen LogP contribution in [0.3, 0.4) is 0 Å². The van der Waals surface area contributed by atoms with Crippen molar-refractivity contribution < 1.29 is 9.53 Å². The first kappa shape index (κ1) is 20.9. The lowest BCUT2D eigenvalue weighted by molar-refractivity contribution is -0.130. The summed E-state index contributed by atoms with van der Waals surface area (Å²) in [6, 6.07) is 8.22. The van der Waals surface area contributed by atoms with Crippen LogP contribution in [0.2, 0.25) is 0 Å². The molecule has 3 atom stereocenters. The Morgan fingerprint density at radius 1 is 1.30 bits per heavy atom. The molecule has 2 fully saturated rings. The van der Waals surface area contributed by atoms with Gasteiger partial charge in [-0.1, -0.05) is 48.9 Å². The minimum atomic E-state index is -0.0533. The first-order valence-corrected chi connectivity index (χ1v) is 11.5. The molecule has 0 radical (unpaired) electrons. The van der Waals surface area contributed by atoms with Crippen LogP contribution in [-0.2, 0) is 17.9 Å². The number of carbonyl (C=O) groups is 1. The Morgan fingerprint density at radius 3 is 2.97 bits per heavy atom. The number of benzene rings is 1. The van der Waals surface area contributed by atoms with Crippen LogP contribution in [0.5, 0.6) is 5.75 Å². The molecule has 2 aliphatic rings. The molecule has 3 unspecified atom stereocenters. The molecular weight excluding hydrogens is 398 g/mol. The zero-order valence-corrected chi connectivity index (χ0v) is 18.2. The number of aryl methyl sites for hydroxylation is 1. The lowest BCUT2D eigenvalue weighted by atomic mass is 9.82. The largest absolute Gasteiger partial charge is 0.485 e. The lowest BCUT2D eigenvalue weighted by Gasteiger charge is -2.40. The average Bonchev–Trinajstić information content (AvgIpc) is 3.13. The van der Waals surface area contributed by atoms with Crippen molar-refractivity contribution in [3.05, 3.63) is 48.3 Å². The predicted molar refractivity (Wildman–Crippen MR) is 117 cm³/mol. The van der Waals surface area contributed by atoms with E-state index >= 15 is 0 Å². The van der Waals surface area contributed by atoms with E-state index in [1.165, 1.54) is 6.42 Å². The van der Waals surface area contributed by atoms with Gasteiger partial charge in [-0.15, -0.1) is 16.8 Å². The van der Waals surface area contributed by atoms with Crippen molar-refractivity contribution >= 4 is 17.7 Å². The molecule has 160 valence electrons. The van der Waals surface area contributed by atoms with Crippen molar-refractivity contribution in [1.29, 1.82) is 0 Å². The summed E-state index contributed by atoms with van der Waals surface area (Å²) >= 11 is 1.59. The van der Waals surface area contributed by atoms with Gasteiger partial charge in [-0.25, -0.2) is 0 Å². The Hall–Kier alpha value is -2.32. The first-order chi connectivity index (χ1) is 14.7. The molecule has 1 aromatic carbocycles. The normalized spacial score (nSPS) is 23.5. The van der Waals surface area contributed by atoms with E-state index in [0.717, 1.165) is 41.6 Å². The Labute approximate surface area is 181 Å². The summed E-state index contributed by atoms with van der Waals surface area (Å²) in [6.07, 6.45) is 6.18. The number of nitrogens with one attached hydrogen (secondary N) is 2. The molecule has 1 aromatic heterocycles. The van der Waals surface area contributed by atoms with Gasteiger partial charge < -0.3 is 10.1 Å². The Kier molecular flexibility index (Phi) is 6.74. The number of hydrogen-bond acceptors (Lipinski definition) is 6. The summed E-state index contributed by atoms with van der Waals surface area (Å²) in [5, 5.41) is 16.2. The number of thioether (sulfide) groups is 1. The van der Waals surface area contributed by atoms with Crippen molar-refractivity contribution in [2.45, 2.75) is 63.1 Å². The van der Waals surface area contributed by atoms with E-state index in [9.17, 15) is 4.79 Å². The summed E-state index contributed by atoms with van der Waals surface area (Å²) in [5.41, 5.74) is 1.09. The average molecular weight is 428 g/mol. The van der Waals surface area contributed by atoms with Gasteiger partial charge in [-0.05, 0) is 31.4 Å². The minimum absolute atomic E-state index is 0.0533. The highest BCUT2D eigenvalue weighted by Crippen LogP contribution is 2.28. The number of amides is 1. The van der Waals surface area contributed by atoms with E-state index in [2.05, 4.69) is 27.4 Å². The number of allylic oxidation sites excluding steroid dienone is 1. The van der Waals surface area contributed by atoms with Gasteiger partial charge in [0.15, 0.2) is 11.0 Å². The van der Waals surface area contributed by atoms with Gasteiger partial charge in [0.05, 0.1) is 12.1 Å². The molecule has 1 aliphatic carbocycles. The second-order valence-electron chi connectivity index (χ2n) is 7.89. The van der Waals surface area contributed by atoms with E-state index in [-0.39, 0.29) is 18.0 Å². The van der Waals surface area contributed by atoms with Crippen LogP contribution in [0.1, 0.15) is 37.1 Å². The van der Waals surface area contributed by atoms with Gasteiger partial charge in [0.2, 0.25) is 5.91 Å². The number of para-hydroxylation sites is 1. The fourth-order valence-corrected chi connectivity index (χ4v) is 5.11. The van der Waals surface area contributed by atoms with Crippen molar-refractivity contribution in [1.82, 2.24) is 25.4 Å². The van der Waals surface area contributed by atoms with E-state index in [0.29, 0.717) is 24.9 Å². The fraction of sp³-hybridized carbons (Fsp3) is 0.500. The standard InChI is InChI=1S/C22H29N5O2S/c1-3-12-27-20(13-29-18-11-7-4-8-15(18)2)25-26-22(27)30-14-19-23-17-10-6-5-9-16(17)21(28)24-19/h3-4,7-8,11,16-17,19,23H,1,5-6,9-10,12-14H2,2H3,(H,24,28). The smallest absolute Gasteiger partial charge is 0.225 e. The van der Waals surface area contributed by atoms with Crippen LogP contribution in [0, 0.1) is 12.8 Å². The summed E-state index contributed by atoms with van der Waals surface area (Å²) in [7, 11) is 0. The van der Waals surface area contributed by atoms with Crippen molar-refractivity contribution in [3.8, 4) is 5.75 Å². The third kappa shape index (κ3) is 4.70. The lowest BCUT2D eigenvalue weighted by Crippen LogP contribution is -2.62. The van der Waals surface area contributed by atoms with Gasteiger partial charge in [-0.3, -0.25) is 14.7 Å². The van der Waals surface area contributed by atoms with Crippen molar-refractivity contribution in [2.24, 2.45) is 5.92 Å². The predicted octanol–water partition coefficient (Wildman–Crippen LogP) is 3.05. The van der Waals surface area contributed by atoms with E-state index in [4.69, 9.17) is 4.74 Å². The highest BCUT2D eigenvalue weighted by Gasteiger charge is 2.37. The van der Waals surface area contributed by atoms with E-state index in [1.54, 1.807) is 11.8 Å². The second kappa shape index (κ2) is 9.66. The zero-order chi connectivity index (χ0) is 20.9. The van der Waals surface area contributed by atoms with Crippen LogP contribution in [-0.4, -0.2) is 38.6 Å². The number of aromatic nitrogens is 3. The van der Waals surface area contributed by atoms with Gasteiger partial charge in [0.1, 0.15) is 12.4 Å². The Morgan fingerprint density at radius 2 is 2.13 bits per heavy atom. The molecule has 1 saturated heterocycles. The summed E-state index contributed by atoms with van der Waals surface area (Å²) < 4.78 is 7.97. The number of hydrogen-bond donors (Lipinski definition) is 2. The maximum absolute atomic E-state index is 12.4. The fourth-order valence-electron chi connectivity index (χ4n) is 4.18. The number of rotatable bonds is 8. The van der Waals surface area contributed by atoms with Gasteiger partial charge >= 0.3 is 0 Å². The summed E-state index contributed by atoms with van der Waals surface area (Å²) in [6.45, 7) is 6.83. The van der Waals surface area contributed by atoms with Crippen molar-refractivity contribution in [2.75, 3.05) is 5.75 Å². The van der Waals surface area contributed by atoms with E-state index < -0.39 is 0 Å². The zero-order valence-electron chi connectivity index (χ0n) is 17.3. The van der Waals surface area contributed by atoms with E-state index in [1.807, 2.05) is 41.8 Å². The molecule has 1 saturated carbocycles. The molecule has 4 rings (SSSR count). The third-order valence-corrected chi connectivity index (χ3v) is 6.83. The molecule has 1 amide bonds. The maximum atomic E-state index is 12.4. The number of fused-ring (bicyclic) bond motifs is 1. The van der Waals surface area contributed by atoms with Gasteiger partial charge in [0, 0.05) is 18.3 Å². The van der Waals surface area contributed by atoms with Crippen LogP contribution in [0.25, 0.3) is 0 Å². The molecule has 0 spiro atoms. The molecule has 8 heteroatoms. The molecule has 2 N–H and O–H groups in total.